The molecule has 0 aromatic heterocycles. The Bertz CT molecular complexity index is 963. The fraction of sp³-hybridized carbons (Fsp3) is 0.167. The molecule has 0 atom stereocenters. The molecule has 2 rings (SSSR count). The van der Waals surface area contributed by atoms with Gasteiger partial charge in [0.05, 0.1) is 0 Å². The third-order valence-electron chi connectivity index (χ3n) is 3.96. The molecule has 5 nitrogen and oxygen atoms in total. The standard InChI is InChI=1S/C24H24O5/c1-15(2)23(25)28-18(6)17(5)27-21-11-7-19(8-12-21)20-9-13-22(14-10-20)29-24(26)16(3)4/h7-14H,1,3H2,2,4-6H3/b18-17+. The van der Waals surface area contributed by atoms with E-state index in [4.69, 9.17) is 14.2 Å². The van der Waals surface area contributed by atoms with E-state index in [9.17, 15) is 9.59 Å². The molecular formula is C24H24O5. The van der Waals surface area contributed by atoms with Gasteiger partial charge in [0.25, 0.3) is 0 Å². The van der Waals surface area contributed by atoms with Gasteiger partial charge in [-0.2, -0.15) is 0 Å². The van der Waals surface area contributed by atoms with Gasteiger partial charge in [0.2, 0.25) is 0 Å². The SMILES string of the molecule is C=C(C)C(=O)O/C(C)=C(\C)Oc1ccc(-c2ccc(OC(=O)C(=C)C)cc2)cc1. The fourth-order valence-electron chi connectivity index (χ4n) is 2.17. The minimum Gasteiger partial charge on any atom is -0.459 e. The molecule has 0 fully saturated rings. The molecule has 2 aromatic rings. The van der Waals surface area contributed by atoms with Crippen LogP contribution in [0.5, 0.6) is 11.5 Å². The number of ether oxygens (including phenoxy) is 3. The van der Waals surface area contributed by atoms with Gasteiger partial charge in [0.1, 0.15) is 23.0 Å². The Labute approximate surface area is 170 Å². The molecule has 0 bridgehead atoms. The second-order valence-electron chi connectivity index (χ2n) is 6.60. The number of rotatable bonds is 7. The summed E-state index contributed by atoms with van der Waals surface area (Å²) in [5, 5.41) is 0. The van der Waals surface area contributed by atoms with Crippen LogP contribution in [0.2, 0.25) is 0 Å². The highest BCUT2D eigenvalue weighted by Crippen LogP contribution is 2.26. The number of esters is 2. The van der Waals surface area contributed by atoms with Gasteiger partial charge in [0, 0.05) is 11.1 Å². The molecule has 0 aliphatic heterocycles. The Morgan fingerprint density at radius 3 is 1.45 bits per heavy atom. The highest BCUT2D eigenvalue weighted by atomic mass is 16.6. The maximum absolute atomic E-state index is 11.6. The molecular weight excluding hydrogens is 368 g/mol. The molecule has 0 aliphatic carbocycles. The molecule has 0 N–H and O–H groups in total. The van der Waals surface area contributed by atoms with Crippen molar-refractivity contribution in [1.82, 2.24) is 0 Å². The van der Waals surface area contributed by atoms with Crippen LogP contribution < -0.4 is 9.47 Å². The summed E-state index contributed by atoms with van der Waals surface area (Å²) in [6.07, 6.45) is 0. The molecule has 0 amide bonds. The molecule has 0 heterocycles. The van der Waals surface area contributed by atoms with E-state index in [2.05, 4.69) is 13.2 Å². The molecule has 0 unspecified atom stereocenters. The Kier molecular flexibility index (Phi) is 7.15. The Morgan fingerprint density at radius 2 is 1.03 bits per heavy atom. The Hall–Kier alpha value is -3.60. The molecule has 0 spiro atoms. The Morgan fingerprint density at radius 1 is 0.621 bits per heavy atom. The van der Waals surface area contributed by atoms with Crippen LogP contribution >= 0.6 is 0 Å². The maximum Gasteiger partial charge on any atom is 0.338 e. The third kappa shape index (κ3) is 6.21. The van der Waals surface area contributed by atoms with Crippen LogP contribution in [0.15, 0.2) is 84.4 Å². The number of hydrogen-bond acceptors (Lipinski definition) is 5. The lowest BCUT2D eigenvalue weighted by molar-refractivity contribution is -0.135. The predicted molar refractivity (Wildman–Crippen MR) is 112 cm³/mol. The van der Waals surface area contributed by atoms with Gasteiger partial charge in [-0.05, 0) is 63.1 Å². The highest BCUT2D eigenvalue weighted by Gasteiger charge is 2.09. The van der Waals surface area contributed by atoms with E-state index < -0.39 is 11.9 Å². The zero-order valence-corrected chi connectivity index (χ0v) is 17.1. The first-order valence-corrected chi connectivity index (χ1v) is 8.98. The van der Waals surface area contributed by atoms with Gasteiger partial charge in [-0.3, -0.25) is 0 Å². The Balaban J connectivity index is 2.06. The van der Waals surface area contributed by atoms with E-state index in [0.29, 0.717) is 34.2 Å². The van der Waals surface area contributed by atoms with E-state index in [-0.39, 0.29) is 0 Å². The monoisotopic (exact) mass is 392 g/mol. The van der Waals surface area contributed by atoms with Crippen molar-refractivity contribution in [3.05, 3.63) is 84.4 Å². The summed E-state index contributed by atoms with van der Waals surface area (Å²) < 4.78 is 16.1. The largest absolute Gasteiger partial charge is 0.459 e. The molecule has 150 valence electrons. The van der Waals surface area contributed by atoms with Gasteiger partial charge in [-0.25, -0.2) is 9.59 Å². The summed E-state index contributed by atoms with van der Waals surface area (Å²) in [5.74, 6) is 0.995. The highest BCUT2D eigenvalue weighted by molar-refractivity contribution is 5.89. The van der Waals surface area contributed by atoms with Crippen LogP contribution in [0.25, 0.3) is 11.1 Å². The summed E-state index contributed by atoms with van der Waals surface area (Å²) in [4.78, 5) is 23.1. The van der Waals surface area contributed by atoms with Crippen molar-refractivity contribution in [3.63, 3.8) is 0 Å². The van der Waals surface area contributed by atoms with Crippen LogP contribution in [0.1, 0.15) is 27.7 Å². The van der Waals surface area contributed by atoms with Gasteiger partial charge < -0.3 is 14.2 Å². The van der Waals surface area contributed by atoms with Crippen LogP contribution in [0, 0.1) is 0 Å². The molecule has 29 heavy (non-hydrogen) atoms. The zero-order chi connectivity index (χ0) is 21.6. The maximum atomic E-state index is 11.6. The fourth-order valence-corrected chi connectivity index (χ4v) is 2.17. The van der Waals surface area contributed by atoms with Crippen LogP contribution in [0.3, 0.4) is 0 Å². The lowest BCUT2D eigenvalue weighted by Gasteiger charge is -2.11. The van der Waals surface area contributed by atoms with Crippen molar-refractivity contribution in [2.75, 3.05) is 0 Å². The summed E-state index contributed by atoms with van der Waals surface area (Å²) >= 11 is 0. The second kappa shape index (κ2) is 9.55. The van der Waals surface area contributed by atoms with E-state index in [0.717, 1.165) is 11.1 Å². The average molecular weight is 392 g/mol. The minimum absolute atomic E-state index is 0.321. The first-order valence-electron chi connectivity index (χ1n) is 8.98. The van der Waals surface area contributed by atoms with Crippen molar-refractivity contribution in [2.45, 2.75) is 27.7 Å². The van der Waals surface area contributed by atoms with Crippen LogP contribution in [-0.4, -0.2) is 11.9 Å². The number of benzene rings is 2. The van der Waals surface area contributed by atoms with Gasteiger partial charge >= 0.3 is 11.9 Å². The average Bonchev–Trinajstić information content (AvgIpc) is 2.68. The first-order chi connectivity index (χ1) is 13.7. The minimum atomic E-state index is -0.488. The van der Waals surface area contributed by atoms with Gasteiger partial charge in [0.15, 0.2) is 0 Å². The summed E-state index contributed by atoms with van der Waals surface area (Å²) in [6.45, 7) is 13.7. The number of allylic oxidation sites excluding steroid dienone is 2. The van der Waals surface area contributed by atoms with Gasteiger partial charge in [-0.1, -0.05) is 37.4 Å². The number of hydrogen-bond donors (Lipinski definition) is 0. The van der Waals surface area contributed by atoms with E-state index >= 15 is 0 Å². The summed E-state index contributed by atoms with van der Waals surface area (Å²) in [5.41, 5.74) is 2.60. The first kappa shape index (κ1) is 21.7. The normalized spacial score (nSPS) is 11.2. The van der Waals surface area contributed by atoms with E-state index in [1.54, 1.807) is 39.8 Å². The topological polar surface area (TPSA) is 61.8 Å². The third-order valence-corrected chi connectivity index (χ3v) is 3.96. The van der Waals surface area contributed by atoms with Crippen LogP contribution in [-0.2, 0) is 14.3 Å². The number of carbonyl (C=O) groups is 2. The lowest BCUT2D eigenvalue weighted by atomic mass is 10.1. The van der Waals surface area contributed by atoms with Gasteiger partial charge in [-0.15, -0.1) is 0 Å². The second-order valence-corrected chi connectivity index (χ2v) is 6.60. The molecule has 0 saturated carbocycles. The number of carbonyl (C=O) groups excluding carboxylic acids is 2. The molecule has 5 heteroatoms. The van der Waals surface area contributed by atoms with Crippen molar-refractivity contribution in [1.29, 1.82) is 0 Å². The van der Waals surface area contributed by atoms with Crippen molar-refractivity contribution in [2.24, 2.45) is 0 Å². The smallest absolute Gasteiger partial charge is 0.338 e. The lowest BCUT2D eigenvalue weighted by Crippen LogP contribution is -2.07. The molecule has 0 radical (unpaired) electrons. The molecule has 2 aromatic carbocycles. The molecule has 0 saturated heterocycles. The van der Waals surface area contributed by atoms with Crippen molar-refractivity contribution in [3.8, 4) is 22.6 Å². The van der Waals surface area contributed by atoms with E-state index in [1.807, 2.05) is 36.4 Å². The van der Waals surface area contributed by atoms with Crippen LogP contribution in [0.4, 0.5) is 0 Å². The zero-order valence-electron chi connectivity index (χ0n) is 17.1. The quantitative estimate of drug-likeness (QED) is 0.266. The molecule has 0 aliphatic rings. The summed E-state index contributed by atoms with van der Waals surface area (Å²) in [7, 11) is 0. The van der Waals surface area contributed by atoms with Crippen molar-refractivity contribution < 1.29 is 23.8 Å². The summed E-state index contributed by atoms with van der Waals surface area (Å²) in [6, 6.07) is 14.6. The van der Waals surface area contributed by atoms with E-state index in [1.165, 1.54) is 0 Å². The predicted octanol–water partition coefficient (Wildman–Crippen LogP) is 5.58. The van der Waals surface area contributed by atoms with Crippen molar-refractivity contribution >= 4 is 11.9 Å².